The molecule has 4 nitrogen and oxygen atoms in total. The zero-order valence-corrected chi connectivity index (χ0v) is 12.0. The van der Waals surface area contributed by atoms with E-state index in [2.05, 4.69) is 6.92 Å². The quantitative estimate of drug-likeness (QED) is 0.723. The van der Waals surface area contributed by atoms with Crippen molar-refractivity contribution in [2.75, 3.05) is 0 Å². The second-order valence-electron chi connectivity index (χ2n) is 7.09. The molecule has 2 rings (SSSR count). The van der Waals surface area contributed by atoms with Crippen LogP contribution >= 0.6 is 0 Å². The van der Waals surface area contributed by atoms with Gasteiger partial charge in [0.1, 0.15) is 5.60 Å². The van der Waals surface area contributed by atoms with Crippen LogP contribution in [0, 0.1) is 0 Å². The highest BCUT2D eigenvalue weighted by atomic mass is 16.6. The van der Waals surface area contributed by atoms with Crippen LogP contribution in [0.25, 0.3) is 0 Å². The number of ether oxygens (including phenoxy) is 1. The monoisotopic (exact) mass is 254 g/mol. The van der Waals surface area contributed by atoms with E-state index in [0.29, 0.717) is 0 Å². The van der Waals surface area contributed by atoms with E-state index >= 15 is 0 Å². The standard InChI is InChI=1S/C14H26N2O2/c1-13(2,3)18-12(17)16-11-6-5-7-14(16,4)9-10(15)8-11/h10-11H,5-9,15H2,1-4H3/t10-,11?,14+/m0/s1. The van der Waals surface area contributed by atoms with E-state index in [1.807, 2.05) is 25.7 Å². The van der Waals surface area contributed by atoms with Crippen molar-refractivity contribution in [3.05, 3.63) is 0 Å². The van der Waals surface area contributed by atoms with Crippen molar-refractivity contribution < 1.29 is 9.53 Å². The smallest absolute Gasteiger partial charge is 0.410 e. The van der Waals surface area contributed by atoms with E-state index in [-0.39, 0.29) is 23.7 Å². The first-order valence-electron chi connectivity index (χ1n) is 6.99. The minimum absolute atomic E-state index is 0.108. The van der Waals surface area contributed by atoms with E-state index in [4.69, 9.17) is 10.5 Å². The summed E-state index contributed by atoms with van der Waals surface area (Å²) in [6.07, 6.45) is 4.92. The number of nitrogens with two attached hydrogens (primary N) is 1. The van der Waals surface area contributed by atoms with Crippen LogP contribution in [0.15, 0.2) is 0 Å². The van der Waals surface area contributed by atoms with Gasteiger partial charge in [0.2, 0.25) is 0 Å². The molecule has 0 radical (unpaired) electrons. The molecule has 1 unspecified atom stereocenters. The summed E-state index contributed by atoms with van der Waals surface area (Å²) in [5, 5.41) is 0. The average Bonchev–Trinajstić information content (AvgIpc) is 2.11. The molecule has 3 atom stereocenters. The fourth-order valence-corrected chi connectivity index (χ4v) is 3.51. The summed E-state index contributed by atoms with van der Waals surface area (Å²) in [6, 6.07) is 0.487. The molecule has 0 aromatic rings. The molecular formula is C14H26N2O2. The summed E-state index contributed by atoms with van der Waals surface area (Å²) in [5.41, 5.74) is 5.58. The van der Waals surface area contributed by atoms with Crippen LogP contribution in [-0.4, -0.2) is 34.2 Å². The fourth-order valence-electron chi connectivity index (χ4n) is 3.51. The van der Waals surface area contributed by atoms with Gasteiger partial charge in [0.25, 0.3) is 0 Å². The number of piperidine rings is 2. The van der Waals surface area contributed by atoms with Crippen molar-refractivity contribution in [3.8, 4) is 0 Å². The number of rotatable bonds is 0. The predicted octanol–water partition coefficient (Wildman–Crippen LogP) is 2.66. The fraction of sp³-hybridized carbons (Fsp3) is 0.929. The van der Waals surface area contributed by atoms with Crippen LogP contribution in [0.3, 0.4) is 0 Å². The maximum absolute atomic E-state index is 12.4. The molecule has 2 fully saturated rings. The molecule has 2 aliphatic heterocycles. The number of carbonyl (C=O) groups excluding carboxylic acids is 1. The van der Waals surface area contributed by atoms with Gasteiger partial charge in [0.15, 0.2) is 0 Å². The SMILES string of the molecule is CC(C)(C)OC(=O)N1C2CCC[C@]1(C)C[C@@H](N)C2. The molecular weight excluding hydrogens is 228 g/mol. The van der Waals surface area contributed by atoms with Gasteiger partial charge in [-0.2, -0.15) is 0 Å². The van der Waals surface area contributed by atoms with Crippen LogP contribution in [0.5, 0.6) is 0 Å². The van der Waals surface area contributed by atoms with Gasteiger partial charge in [-0.1, -0.05) is 0 Å². The molecule has 4 heteroatoms. The highest BCUT2D eigenvalue weighted by Gasteiger charge is 2.48. The molecule has 2 bridgehead atoms. The van der Waals surface area contributed by atoms with Gasteiger partial charge in [-0.25, -0.2) is 4.79 Å². The van der Waals surface area contributed by atoms with Crippen molar-refractivity contribution in [1.82, 2.24) is 4.90 Å². The van der Waals surface area contributed by atoms with E-state index in [9.17, 15) is 4.79 Å². The van der Waals surface area contributed by atoms with Crippen LogP contribution in [-0.2, 0) is 4.74 Å². The maximum atomic E-state index is 12.4. The lowest BCUT2D eigenvalue weighted by atomic mass is 9.74. The second kappa shape index (κ2) is 4.41. The number of fused-ring (bicyclic) bond motifs is 2. The molecule has 0 aliphatic carbocycles. The topological polar surface area (TPSA) is 55.6 Å². The summed E-state index contributed by atoms with van der Waals surface area (Å²) in [5.74, 6) is 0. The minimum atomic E-state index is -0.429. The van der Waals surface area contributed by atoms with Crippen LogP contribution in [0.2, 0.25) is 0 Å². The van der Waals surface area contributed by atoms with Crippen LogP contribution in [0.1, 0.15) is 59.8 Å². The van der Waals surface area contributed by atoms with Gasteiger partial charge in [0.05, 0.1) is 0 Å². The van der Waals surface area contributed by atoms with Crippen LogP contribution in [0.4, 0.5) is 4.79 Å². The summed E-state index contributed by atoms with van der Waals surface area (Å²) < 4.78 is 5.56. The molecule has 2 saturated heterocycles. The molecule has 1 amide bonds. The third kappa shape index (κ3) is 2.63. The molecule has 0 spiro atoms. The Hall–Kier alpha value is -0.770. The van der Waals surface area contributed by atoms with Gasteiger partial charge in [-0.3, -0.25) is 4.90 Å². The highest BCUT2D eigenvalue weighted by Crippen LogP contribution is 2.42. The largest absolute Gasteiger partial charge is 0.444 e. The molecule has 2 aliphatic rings. The third-order valence-corrected chi connectivity index (χ3v) is 4.07. The normalized spacial score (nSPS) is 36.4. The maximum Gasteiger partial charge on any atom is 0.410 e. The first kappa shape index (κ1) is 13.7. The number of amides is 1. The zero-order valence-electron chi connectivity index (χ0n) is 12.0. The van der Waals surface area contributed by atoms with Gasteiger partial charge in [-0.15, -0.1) is 0 Å². The lowest BCUT2D eigenvalue weighted by Crippen LogP contribution is -2.64. The minimum Gasteiger partial charge on any atom is -0.444 e. The summed E-state index contributed by atoms with van der Waals surface area (Å²) in [7, 11) is 0. The lowest BCUT2D eigenvalue weighted by Gasteiger charge is -2.54. The Kier molecular flexibility index (Phi) is 3.34. The average molecular weight is 254 g/mol. The molecule has 0 aromatic heterocycles. The molecule has 104 valence electrons. The van der Waals surface area contributed by atoms with Crippen molar-refractivity contribution in [1.29, 1.82) is 0 Å². The highest BCUT2D eigenvalue weighted by molar-refractivity contribution is 5.70. The van der Waals surface area contributed by atoms with Crippen molar-refractivity contribution >= 4 is 6.09 Å². The first-order valence-corrected chi connectivity index (χ1v) is 6.99. The van der Waals surface area contributed by atoms with Crippen LogP contribution < -0.4 is 5.73 Å². The Morgan fingerprint density at radius 3 is 2.67 bits per heavy atom. The summed E-state index contributed by atoms with van der Waals surface area (Å²) >= 11 is 0. The van der Waals surface area contributed by atoms with Crippen molar-refractivity contribution in [3.63, 3.8) is 0 Å². The molecule has 0 aromatic carbocycles. The van der Waals surface area contributed by atoms with E-state index in [1.165, 1.54) is 6.42 Å². The zero-order chi connectivity index (χ0) is 13.6. The summed E-state index contributed by atoms with van der Waals surface area (Å²) in [4.78, 5) is 14.4. The van der Waals surface area contributed by atoms with Crippen molar-refractivity contribution in [2.24, 2.45) is 5.73 Å². The molecule has 18 heavy (non-hydrogen) atoms. The number of nitrogens with zero attached hydrogens (tertiary/aromatic N) is 1. The number of hydrogen-bond donors (Lipinski definition) is 1. The molecule has 0 saturated carbocycles. The summed E-state index contributed by atoms with van der Waals surface area (Å²) in [6.45, 7) is 7.90. The van der Waals surface area contributed by atoms with Gasteiger partial charge < -0.3 is 10.5 Å². The Bertz CT molecular complexity index is 337. The Labute approximate surface area is 110 Å². The van der Waals surface area contributed by atoms with Gasteiger partial charge in [-0.05, 0) is 59.8 Å². The van der Waals surface area contributed by atoms with E-state index < -0.39 is 5.60 Å². The second-order valence-corrected chi connectivity index (χ2v) is 7.09. The Morgan fingerprint density at radius 1 is 1.44 bits per heavy atom. The van der Waals surface area contributed by atoms with E-state index in [0.717, 1.165) is 25.7 Å². The molecule has 2 N–H and O–H groups in total. The van der Waals surface area contributed by atoms with Gasteiger partial charge in [0, 0.05) is 17.6 Å². The van der Waals surface area contributed by atoms with E-state index in [1.54, 1.807) is 0 Å². The lowest BCUT2D eigenvalue weighted by molar-refractivity contribution is -0.0547. The number of carbonyl (C=O) groups is 1. The third-order valence-electron chi connectivity index (χ3n) is 4.07. The molecule has 2 heterocycles. The Morgan fingerprint density at radius 2 is 2.11 bits per heavy atom. The van der Waals surface area contributed by atoms with Gasteiger partial charge >= 0.3 is 6.09 Å². The first-order chi connectivity index (χ1) is 8.21. The van der Waals surface area contributed by atoms with Crippen molar-refractivity contribution in [2.45, 2.75) is 83.0 Å². The number of hydrogen-bond acceptors (Lipinski definition) is 3. The Balaban J connectivity index is 2.18. The predicted molar refractivity (Wildman–Crippen MR) is 71.3 cm³/mol.